The predicted octanol–water partition coefficient (Wildman–Crippen LogP) is 2.97. The zero-order valence-electron chi connectivity index (χ0n) is 16.4. The van der Waals surface area contributed by atoms with Crippen LogP contribution in [0.25, 0.3) is 11.0 Å². The molecule has 4 heterocycles. The molecule has 0 radical (unpaired) electrons. The fourth-order valence-corrected chi connectivity index (χ4v) is 4.64. The second-order valence-electron chi connectivity index (χ2n) is 8.35. The van der Waals surface area contributed by atoms with E-state index in [1.807, 2.05) is 0 Å². The summed E-state index contributed by atoms with van der Waals surface area (Å²) in [5, 5.41) is 3.49. The van der Waals surface area contributed by atoms with Crippen LogP contribution < -0.4 is 10.2 Å². The van der Waals surface area contributed by atoms with Crippen molar-refractivity contribution in [3.8, 4) is 0 Å². The van der Waals surface area contributed by atoms with Crippen LogP contribution in [0.2, 0.25) is 0 Å². The summed E-state index contributed by atoms with van der Waals surface area (Å²) < 4.78 is 14.9. The number of piperidine rings is 1. The first kappa shape index (κ1) is 18.5. The Morgan fingerprint density at radius 3 is 2.62 bits per heavy atom. The fraction of sp³-hybridized carbons (Fsp3) is 0.571. The Kier molecular flexibility index (Phi) is 4.73. The number of likely N-dealkylation sites (tertiary alicyclic amines) is 1. The lowest BCUT2D eigenvalue weighted by atomic mass is 10.0. The number of amides is 3. The molecular weight excluding hydrogens is 373 g/mol. The van der Waals surface area contributed by atoms with Gasteiger partial charge in [0.05, 0.1) is 11.9 Å². The van der Waals surface area contributed by atoms with Crippen molar-refractivity contribution >= 4 is 28.7 Å². The molecule has 3 amide bonds. The predicted molar refractivity (Wildman–Crippen MR) is 108 cm³/mol. The van der Waals surface area contributed by atoms with Crippen LogP contribution >= 0.6 is 0 Å². The summed E-state index contributed by atoms with van der Waals surface area (Å²) in [5.41, 5.74) is 3.02. The maximum atomic E-state index is 12.6. The van der Waals surface area contributed by atoms with E-state index in [-0.39, 0.29) is 18.6 Å². The van der Waals surface area contributed by atoms with Gasteiger partial charge in [0.2, 0.25) is 5.91 Å². The average Bonchev–Trinajstić information content (AvgIpc) is 3.49. The number of halogens is 1. The van der Waals surface area contributed by atoms with E-state index in [0.29, 0.717) is 31.5 Å². The Balaban J connectivity index is 1.46. The van der Waals surface area contributed by atoms with E-state index in [1.165, 1.54) is 18.4 Å². The molecule has 1 N–H and O–H groups in total. The largest absolute Gasteiger partial charge is 0.329 e. The summed E-state index contributed by atoms with van der Waals surface area (Å²) in [6.45, 7) is 2.43. The molecule has 3 fully saturated rings. The minimum absolute atomic E-state index is 0.232. The van der Waals surface area contributed by atoms with Gasteiger partial charge in [-0.05, 0) is 43.2 Å². The Morgan fingerprint density at radius 1 is 1.14 bits per heavy atom. The smallest absolute Gasteiger partial charge is 0.328 e. The number of anilines is 1. The van der Waals surface area contributed by atoms with Crippen LogP contribution in [-0.4, -0.2) is 59.2 Å². The van der Waals surface area contributed by atoms with Gasteiger partial charge in [-0.25, -0.2) is 14.2 Å². The first-order valence-electron chi connectivity index (χ1n) is 10.5. The highest BCUT2D eigenvalue weighted by molar-refractivity contribution is 6.06. The molecule has 2 saturated heterocycles. The number of fused-ring (bicyclic) bond motifs is 1. The Morgan fingerprint density at radius 2 is 1.93 bits per heavy atom. The van der Waals surface area contributed by atoms with E-state index in [1.54, 1.807) is 11.1 Å². The minimum atomic E-state index is -0.380. The van der Waals surface area contributed by atoms with Gasteiger partial charge in [-0.3, -0.25) is 15.0 Å². The molecule has 3 aliphatic rings. The molecule has 8 heteroatoms. The van der Waals surface area contributed by atoms with E-state index in [9.17, 15) is 14.0 Å². The maximum Gasteiger partial charge on any atom is 0.328 e. The summed E-state index contributed by atoms with van der Waals surface area (Å²) in [5.74, 6) is 0.336. The zero-order chi connectivity index (χ0) is 20.0. The van der Waals surface area contributed by atoms with E-state index >= 15 is 0 Å². The van der Waals surface area contributed by atoms with Crippen LogP contribution in [0.1, 0.15) is 49.6 Å². The molecule has 7 nitrogen and oxygen atoms in total. The van der Waals surface area contributed by atoms with Crippen LogP contribution in [0.15, 0.2) is 18.5 Å². The number of hydrogen-bond donors (Lipinski definition) is 1. The van der Waals surface area contributed by atoms with Gasteiger partial charge in [0.15, 0.2) is 0 Å². The molecular formula is C21H26FN5O2. The first-order valence-corrected chi connectivity index (χ1v) is 10.5. The van der Waals surface area contributed by atoms with Crippen molar-refractivity contribution in [2.24, 2.45) is 0 Å². The fourth-order valence-electron chi connectivity index (χ4n) is 4.64. The lowest BCUT2D eigenvalue weighted by Crippen LogP contribution is -2.49. The molecule has 154 valence electrons. The van der Waals surface area contributed by atoms with Crippen LogP contribution in [0.3, 0.4) is 0 Å². The zero-order valence-corrected chi connectivity index (χ0v) is 16.4. The SMILES string of the molecule is O=C1CCN(c2cnc3c(c2)c(C2CC2)cn3C2CCN(CCF)CC2)C(=O)N1. The number of hydrogen-bond acceptors (Lipinski definition) is 4. The summed E-state index contributed by atoms with van der Waals surface area (Å²) in [6.07, 6.45) is 8.67. The summed E-state index contributed by atoms with van der Waals surface area (Å²) in [6, 6.07) is 2.05. The van der Waals surface area contributed by atoms with Crippen LogP contribution in [0.4, 0.5) is 14.9 Å². The number of nitrogens with zero attached hydrogens (tertiary/aromatic N) is 4. The highest BCUT2D eigenvalue weighted by Crippen LogP contribution is 2.45. The van der Waals surface area contributed by atoms with Gasteiger partial charge in [-0.1, -0.05) is 0 Å². The monoisotopic (exact) mass is 399 g/mol. The molecule has 0 spiro atoms. The minimum Gasteiger partial charge on any atom is -0.329 e. The van der Waals surface area contributed by atoms with Crippen LogP contribution in [0.5, 0.6) is 0 Å². The number of urea groups is 1. The van der Waals surface area contributed by atoms with Crippen molar-refractivity contribution < 1.29 is 14.0 Å². The van der Waals surface area contributed by atoms with E-state index in [0.717, 1.165) is 42.7 Å². The van der Waals surface area contributed by atoms with Gasteiger partial charge >= 0.3 is 6.03 Å². The van der Waals surface area contributed by atoms with Crippen molar-refractivity contribution in [2.45, 2.75) is 44.1 Å². The first-order chi connectivity index (χ1) is 14.1. The van der Waals surface area contributed by atoms with E-state index in [4.69, 9.17) is 4.98 Å². The third-order valence-corrected chi connectivity index (χ3v) is 6.42. The number of alkyl halides is 1. The molecule has 2 aromatic rings. The highest BCUT2D eigenvalue weighted by Gasteiger charge is 2.31. The average molecular weight is 399 g/mol. The van der Waals surface area contributed by atoms with Gasteiger partial charge in [-0.15, -0.1) is 0 Å². The number of aromatic nitrogens is 2. The molecule has 1 aliphatic carbocycles. The lowest BCUT2D eigenvalue weighted by molar-refractivity contribution is -0.120. The molecule has 0 bridgehead atoms. The standard InChI is InChI=1S/C21H26FN5O2/c22-6-10-25-7-3-15(4-8-25)27-13-18(14-1-2-14)17-11-16(12-23-20(17)27)26-9-5-19(28)24-21(26)29/h11-15H,1-10H2,(H,24,28,29). The van der Waals surface area contributed by atoms with Gasteiger partial charge in [0.1, 0.15) is 12.3 Å². The molecule has 2 aromatic heterocycles. The number of carbonyl (C=O) groups excluding carboxylic acids is 2. The molecule has 0 aromatic carbocycles. The molecule has 1 saturated carbocycles. The molecule has 29 heavy (non-hydrogen) atoms. The van der Waals surface area contributed by atoms with Gasteiger partial charge in [0.25, 0.3) is 0 Å². The molecule has 2 aliphatic heterocycles. The van der Waals surface area contributed by atoms with Gasteiger partial charge < -0.3 is 9.47 Å². The van der Waals surface area contributed by atoms with Gasteiger partial charge in [-0.2, -0.15) is 0 Å². The summed E-state index contributed by atoms with van der Waals surface area (Å²) >= 11 is 0. The second-order valence-corrected chi connectivity index (χ2v) is 8.35. The number of pyridine rings is 1. The third kappa shape index (κ3) is 3.50. The number of imide groups is 1. The number of nitrogens with one attached hydrogen (secondary N) is 1. The molecule has 5 rings (SSSR count). The van der Waals surface area contributed by atoms with Crippen molar-refractivity contribution in [1.29, 1.82) is 0 Å². The Hall–Kier alpha value is -2.48. The molecule has 0 unspecified atom stereocenters. The van der Waals surface area contributed by atoms with Gasteiger partial charge in [0, 0.05) is 50.2 Å². The Labute approximate surface area is 168 Å². The number of carbonyl (C=O) groups is 2. The summed E-state index contributed by atoms with van der Waals surface area (Å²) in [7, 11) is 0. The maximum absolute atomic E-state index is 12.6. The van der Waals surface area contributed by atoms with E-state index < -0.39 is 0 Å². The van der Waals surface area contributed by atoms with Crippen molar-refractivity contribution in [3.05, 3.63) is 24.0 Å². The topological polar surface area (TPSA) is 70.5 Å². The lowest BCUT2D eigenvalue weighted by Gasteiger charge is -2.32. The molecule has 0 atom stereocenters. The quantitative estimate of drug-likeness (QED) is 0.839. The van der Waals surface area contributed by atoms with Crippen LogP contribution in [-0.2, 0) is 4.79 Å². The van der Waals surface area contributed by atoms with E-state index in [2.05, 4.69) is 27.0 Å². The number of rotatable bonds is 5. The van der Waals surface area contributed by atoms with Crippen molar-refractivity contribution in [2.75, 3.05) is 37.8 Å². The second kappa shape index (κ2) is 7.40. The third-order valence-electron chi connectivity index (χ3n) is 6.42. The van der Waals surface area contributed by atoms with Crippen molar-refractivity contribution in [3.63, 3.8) is 0 Å². The normalized spacial score (nSPS) is 21.8. The Bertz CT molecular complexity index is 946. The summed E-state index contributed by atoms with van der Waals surface area (Å²) in [4.78, 5) is 32.2. The highest BCUT2D eigenvalue weighted by atomic mass is 19.1. The van der Waals surface area contributed by atoms with Crippen LogP contribution in [0, 0.1) is 0 Å². The van der Waals surface area contributed by atoms with Crippen molar-refractivity contribution in [1.82, 2.24) is 19.8 Å².